The standard InChI is InChI=1S/C16H21BN2O5/c1-4-22-15-18-12-7-5-6-11(14(20)21)13(12)19(15)10-17-23-8-16(2,3)9-24-17/h5-7H,4,8-10H2,1-3H3,(H,20,21). The predicted molar refractivity (Wildman–Crippen MR) is 89.3 cm³/mol. The molecule has 0 amide bonds. The van der Waals surface area contributed by atoms with Gasteiger partial charge in [0.15, 0.2) is 0 Å². The fraction of sp³-hybridized carbons (Fsp3) is 0.500. The second-order valence-electron chi connectivity index (χ2n) is 6.63. The van der Waals surface area contributed by atoms with Crippen molar-refractivity contribution in [1.82, 2.24) is 9.55 Å². The van der Waals surface area contributed by atoms with Crippen molar-refractivity contribution in [3.8, 4) is 6.01 Å². The number of fused-ring (bicyclic) bond motifs is 1. The van der Waals surface area contributed by atoms with Crippen LogP contribution in [0.15, 0.2) is 18.2 Å². The molecule has 128 valence electrons. The van der Waals surface area contributed by atoms with Crippen molar-refractivity contribution in [3.63, 3.8) is 0 Å². The molecule has 3 rings (SSSR count). The zero-order valence-electron chi connectivity index (χ0n) is 14.1. The van der Waals surface area contributed by atoms with E-state index in [1.54, 1.807) is 22.8 Å². The van der Waals surface area contributed by atoms with Gasteiger partial charge in [-0.15, -0.1) is 0 Å². The first kappa shape index (κ1) is 16.8. The molecule has 1 aliphatic rings. The van der Waals surface area contributed by atoms with Gasteiger partial charge in [0, 0.05) is 18.6 Å². The summed E-state index contributed by atoms with van der Waals surface area (Å²) in [5.74, 6) is -1.00. The van der Waals surface area contributed by atoms with E-state index in [1.807, 2.05) is 6.92 Å². The molecule has 2 heterocycles. The van der Waals surface area contributed by atoms with Crippen LogP contribution in [0.25, 0.3) is 11.0 Å². The Balaban J connectivity index is 1.98. The summed E-state index contributed by atoms with van der Waals surface area (Å²) in [6.45, 7) is 7.61. The maximum atomic E-state index is 11.6. The van der Waals surface area contributed by atoms with Crippen molar-refractivity contribution in [2.45, 2.75) is 27.2 Å². The Morgan fingerprint density at radius 2 is 2.12 bits per heavy atom. The number of rotatable bonds is 5. The number of aromatic nitrogens is 2. The second kappa shape index (κ2) is 6.45. The molecule has 1 aromatic carbocycles. The number of hydrogen-bond donors (Lipinski definition) is 1. The Bertz CT molecular complexity index is 748. The van der Waals surface area contributed by atoms with E-state index >= 15 is 0 Å². The van der Waals surface area contributed by atoms with Crippen LogP contribution < -0.4 is 4.74 Å². The molecule has 1 aromatic heterocycles. The highest BCUT2D eigenvalue weighted by molar-refractivity contribution is 6.43. The van der Waals surface area contributed by atoms with Gasteiger partial charge in [-0.25, -0.2) is 4.79 Å². The van der Waals surface area contributed by atoms with Crippen molar-refractivity contribution >= 4 is 24.1 Å². The second-order valence-corrected chi connectivity index (χ2v) is 6.63. The summed E-state index contributed by atoms with van der Waals surface area (Å²) >= 11 is 0. The number of para-hydroxylation sites is 1. The molecule has 7 nitrogen and oxygen atoms in total. The van der Waals surface area contributed by atoms with Crippen LogP contribution in [0.5, 0.6) is 6.01 Å². The van der Waals surface area contributed by atoms with Crippen LogP contribution in [0.4, 0.5) is 0 Å². The molecule has 1 N–H and O–H groups in total. The molecular weight excluding hydrogens is 311 g/mol. The SMILES string of the molecule is CCOc1nc2cccc(C(=O)O)c2n1CB1OCC(C)(C)CO1. The van der Waals surface area contributed by atoms with Crippen LogP contribution in [0.1, 0.15) is 31.1 Å². The predicted octanol–water partition coefficient (Wildman–Crippen LogP) is 2.23. The van der Waals surface area contributed by atoms with E-state index < -0.39 is 13.1 Å². The van der Waals surface area contributed by atoms with Crippen LogP contribution in [-0.4, -0.2) is 47.6 Å². The topological polar surface area (TPSA) is 82.8 Å². The lowest BCUT2D eigenvalue weighted by Gasteiger charge is -2.33. The highest BCUT2D eigenvalue weighted by Crippen LogP contribution is 2.27. The molecule has 0 atom stereocenters. The Labute approximate surface area is 140 Å². The number of imidazole rings is 1. The van der Waals surface area contributed by atoms with Gasteiger partial charge < -0.3 is 19.2 Å². The number of carbonyl (C=O) groups is 1. The van der Waals surface area contributed by atoms with Gasteiger partial charge in [-0.3, -0.25) is 4.57 Å². The third-order valence-electron chi connectivity index (χ3n) is 3.89. The summed E-state index contributed by atoms with van der Waals surface area (Å²) in [6, 6.07) is 5.38. The largest absolute Gasteiger partial charge is 0.478 e. The van der Waals surface area contributed by atoms with Gasteiger partial charge in [-0.05, 0) is 19.1 Å². The molecule has 24 heavy (non-hydrogen) atoms. The lowest BCUT2D eigenvalue weighted by Crippen LogP contribution is -2.43. The van der Waals surface area contributed by atoms with Crippen LogP contribution in [0.2, 0.25) is 0 Å². The third kappa shape index (κ3) is 3.25. The summed E-state index contributed by atoms with van der Waals surface area (Å²) in [5, 5.41) is 9.48. The number of carboxylic acids is 1. The van der Waals surface area contributed by atoms with Crippen LogP contribution in [0.3, 0.4) is 0 Å². The third-order valence-corrected chi connectivity index (χ3v) is 3.89. The quantitative estimate of drug-likeness (QED) is 0.846. The van der Waals surface area contributed by atoms with E-state index in [4.69, 9.17) is 14.0 Å². The maximum Gasteiger partial charge on any atom is 0.478 e. The van der Waals surface area contributed by atoms with Crippen molar-refractivity contribution in [3.05, 3.63) is 23.8 Å². The summed E-state index contributed by atoms with van der Waals surface area (Å²) in [4.78, 5) is 16.0. The van der Waals surface area contributed by atoms with Gasteiger partial charge in [0.1, 0.15) is 0 Å². The van der Waals surface area contributed by atoms with Crippen molar-refractivity contribution in [1.29, 1.82) is 0 Å². The van der Waals surface area contributed by atoms with E-state index in [0.717, 1.165) is 0 Å². The number of benzene rings is 1. The first-order valence-electron chi connectivity index (χ1n) is 8.00. The fourth-order valence-corrected chi connectivity index (χ4v) is 2.73. The minimum absolute atomic E-state index is 0.0253. The lowest BCUT2D eigenvalue weighted by atomic mass is 9.83. The van der Waals surface area contributed by atoms with E-state index in [1.165, 1.54) is 0 Å². The van der Waals surface area contributed by atoms with E-state index in [0.29, 0.717) is 43.3 Å². The highest BCUT2D eigenvalue weighted by atomic mass is 16.6. The smallest absolute Gasteiger partial charge is 0.478 e. The molecule has 1 aliphatic heterocycles. The average molecular weight is 332 g/mol. The summed E-state index contributed by atoms with van der Waals surface area (Å²) in [5.41, 5.74) is 1.25. The molecule has 8 heteroatoms. The van der Waals surface area contributed by atoms with Crippen molar-refractivity contribution < 1.29 is 23.9 Å². The molecule has 0 bridgehead atoms. The molecular formula is C16H21BN2O5. The first-order valence-corrected chi connectivity index (χ1v) is 8.00. The number of ether oxygens (including phenoxy) is 1. The molecule has 0 saturated carbocycles. The Kier molecular flexibility index (Phi) is 4.51. The zero-order valence-corrected chi connectivity index (χ0v) is 14.1. The Morgan fingerprint density at radius 3 is 2.75 bits per heavy atom. The fourth-order valence-electron chi connectivity index (χ4n) is 2.73. The molecule has 1 fully saturated rings. The van der Waals surface area contributed by atoms with Crippen LogP contribution >= 0.6 is 0 Å². The Hall–Kier alpha value is -2.06. The number of aromatic carboxylic acids is 1. The van der Waals surface area contributed by atoms with Crippen LogP contribution in [0, 0.1) is 5.41 Å². The maximum absolute atomic E-state index is 11.6. The van der Waals surface area contributed by atoms with E-state index in [2.05, 4.69) is 18.8 Å². The minimum Gasteiger partial charge on any atom is -0.478 e. The molecule has 1 saturated heterocycles. The molecule has 0 unspecified atom stereocenters. The average Bonchev–Trinajstić information content (AvgIpc) is 2.87. The van der Waals surface area contributed by atoms with Gasteiger partial charge in [0.25, 0.3) is 6.01 Å². The van der Waals surface area contributed by atoms with Gasteiger partial charge in [-0.1, -0.05) is 19.9 Å². The van der Waals surface area contributed by atoms with Crippen molar-refractivity contribution in [2.75, 3.05) is 19.8 Å². The van der Waals surface area contributed by atoms with Crippen molar-refractivity contribution in [2.24, 2.45) is 5.41 Å². The molecule has 0 spiro atoms. The number of nitrogens with zero attached hydrogens (tertiary/aromatic N) is 2. The molecule has 0 aliphatic carbocycles. The van der Waals surface area contributed by atoms with E-state index in [9.17, 15) is 9.90 Å². The van der Waals surface area contributed by atoms with Gasteiger partial charge >= 0.3 is 13.1 Å². The zero-order chi connectivity index (χ0) is 17.3. The van der Waals surface area contributed by atoms with Gasteiger partial charge in [0.2, 0.25) is 0 Å². The van der Waals surface area contributed by atoms with Gasteiger partial charge in [-0.2, -0.15) is 4.98 Å². The van der Waals surface area contributed by atoms with Gasteiger partial charge in [0.05, 0.1) is 29.6 Å². The lowest BCUT2D eigenvalue weighted by molar-refractivity contribution is 0.0254. The monoisotopic (exact) mass is 332 g/mol. The summed E-state index contributed by atoms with van der Waals surface area (Å²) < 4.78 is 18.9. The minimum atomic E-state index is -1.00. The normalized spacial score (nSPS) is 17.2. The Morgan fingerprint density at radius 1 is 1.42 bits per heavy atom. The summed E-state index contributed by atoms with van der Waals surface area (Å²) in [7, 11) is -0.462. The highest BCUT2D eigenvalue weighted by Gasteiger charge is 2.34. The van der Waals surface area contributed by atoms with Crippen LogP contribution in [-0.2, 0) is 15.8 Å². The molecule has 2 aromatic rings. The summed E-state index contributed by atoms with van der Waals surface area (Å²) in [6.07, 6.45) is 0.326. The molecule has 0 radical (unpaired) electrons. The van der Waals surface area contributed by atoms with E-state index in [-0.39, 0.29) is 11.0 Å². The first-order chi connectivity index (χ1) is 11.4. The number of hydrogen-bond acceptors (Lipinski definition) is 5. The number of carboxylic acid groups (broad SMARTS) is 1.